The van der Waals surface area contributed by atoms with E-state index in [1.165, 1.54) is 0 Å². The van der Waals surface area contributed by atoms with Crippen molar-refractivity contribution < 1.29 is 14.6 Å². The van der Waals surface area contributed by atoms with Gasteiger partial charge in [-0.25, -0.2) is 4.79 Å². The number of ether oxygens (including phenoxy) is 1. The molecular weight excluding hydrogens is 375 g/mol. The lowest BCUT2D eigenvalue weighted by atomic mass is 10.0. The van der Waals surface area contributed by atoms with Gasteiger partial charge in [-0.05, 0) is 29.8 Å². The van der Waals surface area contributed by atoms with Crippen molar-refractivity contribution in [3.05, 3.63) is 63.8 Å². The topological polar surface area (TPSA) is 63.5 Å². The average molecular weight is 391 g/mol. The van der Waals surface area contributed by atoms with Crippen LogP contribution in [-0.2, 0) is 4.74 Å². The maximum Gasteiger partial charge on any atom is 0.352 e. The molecule has 1 fully saturated rings. The Kier molecular flexibility index (Phi) is 4.63. The van der Waals surface area contributed by atoms with Gasteiger partial charge < -0.3 is 19.7 Å². The highest BCUT2D eigenvalue weighted by Crippen LogP contribution is 2.36. The number of aromatic nitrogens is 1. The Morgan fingerprint density at radius 3 is 2.77 bits per heavy atom. The second kappa shape index (κ2) is 6.93. The predicted molar refractivity (Wildman–Crippen MR) is 102 cm³/mol. The number of carboxylic acid groups (broad SMARTS) is 1. The molecule has 2 heterocycles. The molecule has 0 saturated carbocycles. The number of nitrogens with zero attached hydrogens (tertiary/aromatic N) is 1. The maximum absolute atomic E-state index is 11.9. The molecule has 2 N–H and O–H groups in total. The number of hydrogen-bond acceptors (Lipinski definition) is 3. The van der Waals surface area contributed by atoms with Gasteiger partial charge in [0.25, 0.3) is 0 Å². The summed E-state index contributed by atoms with van der Waals surface area (Å²) in [7, 11) is 0. The van der Waals surface area contributed by atoms with Crippen molar-refractivity contribution in [3.63, 3.8) is 0 Å². The van der Waals surface area contributed by atoms with E-state index in [4.69, 9.17) is 27.9 Å². The van der Waals surface area contributed by atoms with Crippen LogP contribution in [-0.4, -0.2) is 35.4 Å². The summed E-state index contributed by atoms with van der Waals surface area (Å²) in [6, 6.07) is 12.7. The zero-order chi connectivity index (χ0) is 18.3. The second-order valence-corrected chi connectivity index (χ2v) is 6.89. The number of halogens is 2. The molecular formula is C19H16Cl2N2O3. The van der Waals surface area contributed by atoms with E-state index in [-0.39, 0.29) is 11.7 Å². The summed E-state index contributed by atoms with van der Waals surface area (Å²) in [5, 5.41) is 14.5. The minimum atomic E-state index is -1.03. The van der Waals surface area contributed by atoms with Crippen LogP contribution >= 0.6 is 23.2 Å². The standard InChI is InChI=1S/C19H16Cl2N2O3/c20-13-5-6-16-12(18(13)21)9-17(19(24)25)23(16)15-4-2-1-3-11(15)14-10-26-8-7-22-14/h1-6,9,14,22H,7-8,10H2,(H,24,25). The van der Waals surface area contributed by atoms with Crippen LogP contribution in [0.5, 0.6) is 0 Å². The Bertz CT molecular complexity index is 994. The molecule has 1 atom stereocenters. The SMILES string of the molecule is O=C(O)c1cc2c(Cl)c(Cl)ccc2n1-c1ccccc1C1COCCN1. The molecule has 4 rings (SSSR count). The van der Waals surface area contributed by atoms with Crippen molar-refractivity contribution in [1.82, 2.24) is 9.88 Å². The summed E-state index contributed by atoms with van der Waals surface area (Å²) in [6.07, 6.45) is 0. The monoisotopic (exact) mass is 390 g/mol. The lowest BCUT2D eigenvalue weighted by Gasteiger charge is -2.26. The fraction of sp³-hybridized carbons (Fsp3) is 0.211. The Labute approximate surface area is 160 Å². The van der Waals surface area contributed by atoms with Crippen LogP contribution in [0.15, 0.2) is 42.5 Å². The zero-order valence-electron chi connectivity index (χ0n) is 13.7. The Morgan fingerprint density at radius 2 is 2.04 bits per heavy atom. The Morgan fingerprint density at radius 1 is 1.23 bits per heavy atom. The molecule has 0 amide bonds. The number of para-hydroxylation sites is 1. The van der Waals surface area contributed by atoms with E-state index in [2.05, 4.69) is 5.32 Å². The molecule has 26 heavy (non-hydrogen) atoms. The molecule has 1 saturated heterocycles. The van der Waals surface area contributed by atoms with Crippen LogP contribution in [0, 0.1) is 0 Å². The number of nitrogens with one attached hydrogen (secondary N) is 1. The van der Waals surface area contributed by atoms with Gasteiger partial charge in [0.2, 0.25) is 0 Å². The highest BCUT2D eigenvalue weighted by Gasteiger charge is 2.24. The summed E-state index contributed by atoms with van der Waals surface area (Å²) < 4.78 is 7.30. The first-order valence-electron chi connectivity index (χ1n) is 8.21. The fourth-order valence-corrected chi connectivity index (χ4v) is 3.77. The highest BCUT2D eigenvalue weighted by atomic mass is 35.5. The summed E-state index contributed by atoms with van der Waals surface area (Å²) >= 11 is 12.4. The van der Waals surface area contributed by atoms with E-state index < -0.39 is 5.97 Å². The number of morpholine rings is 1. The number of carboxylic acids is 1. The molecule has 5 nitrogen and oxygen atoms in total. The van der Waals surface area contributed by atoms with Crippen LogP contribution in [0.25, 0.3) is 16.6 Å². The number of rotatable bonds is 3. The molecule has 0 spiro atoms. The normalized spacial score (nSPS) is 17.5. The van der Waals surface area contributed by atoms with Gasteiger partial charge in [0.05, 0.1) is 40.5 Å². The summed E-state index contributed by atoms with van der Waals surface area (Å²) in [5.41, 5.74) is 2.58. The van der Waals surface area contributed by atoms with Gasteiger partial charge in [0.15, 0.2) is 0 Å². The molecule has 1 aliphatic heterocycles. The van der Waals surface area contributed by atoms with Crippen LogP contribution in [0.1, 0.15) is 22.1 Å². The third-order valence-electron chi connectivity index (χ3n) is 4.57. The van der Waals surface area contributed by atoms with E-state index in [1.54, 1.807) is 22.8 Å². The molecule has 2 aromatic carbocycles. The molecule has 0 bridgehead atoms. The minimum Gasteiger partial charge on any atom is -0.477 e. The van der Waals surface area contributed by atoms with Crippen molar-refractivity contribution >= 4 is 40.1 Å². The van der Waals surface area contributed by atoms with E-state index in [1.807, 2.05) is 24.3 Å². The molecule has 0 radical (unpaired) electrons. The molecule has 1 aromatic heterocycles. The van der Waals surface area contributed by atoms with Gasteiger partial charge in [-0.2, -0.15) is 0 Å². The van der Waals surface area contributed by atoms with E-state index in [0.29, 0.717) is 34.2 Å². The molecule has 134 valence electrons. The lowest BCUT2D eigenvalue weighted by molar-refractivity contribution is 0.0688. The number of hydrogen-bond donors (Lipinski definition) is 2. The first-order valence-corrected chi connectivity index (χ1v) is 8.96. The molecule has 0 aliphatic carbocycles. The number of benzene rings is 2. The van der Waals surface area contributed by atoms with Crippen molar-refractivity contribution in [2.75, 3.05) is 19.8 Å². The van der Waals surface area contributed by atoms with Crippen LogP contribution < -0.4 is 5.32 Å². The van der Waals surface area contributed by atoms with E-state index >= 15 is 0 Å². The van der Waals surface area contributed by atoms with Gasteiger partial charge in [-0.1, -0.05) is 41.4 Å². The quantitative estimate of drug-likeness (QED) is 0.699. The average Bonchev–Trinajstić information content (AvgIpc) is 3.06. The van der Waals surface area contributed by atoms with Crippen LogP contribution in [0.4, 0.5) is 0 Å². The van der Waals surface area contributed by atoms with Crippen LogP contribution in [0.3, 0.4) is 0 Å². The molecule has 3 aromatic rings. The van der Waals surface area contributed by atoms with E-state index in [9.17, 15) is 9.90 Å². The third-order valence-corrected chi connectivity index (χ3v) is 5.39. The number of aromatic carboxylic acids is 1. The molecule has 1 unspecified atom stereocenters. The third kappa shape index (κ3) is 2.87. The Hall–Kier alpha value is -2.05. The van der Waals surface area contributed by atoms with Crippen molar-refractivity contribution in [2.45, 2.75) is 6.04 Å². The fourth-order valence-electron chi connectivity index (χ4n) is 3.39. The minimum absolute atomic E-state index is 0.0122. The van der Waals surface area contributed by atoms with Gasteiger partial charge in [0.1, 0.15) is 5.69 Å². The van der Waals surface area contributed by atoms with Crippen molar-refractivity contribution in [2.24, 2.45) is 0 Å². The zero-order valence-corrected chi connectivity index (χ0v) is 15.2. The highest BCUT2D eigenvalue weighted by molar-refractivity contribution is 6.45. The van der Waals surface area contributed by atoms with Crippen molar-refractivity contribution in [3.8, 4) is 5.69 Å². The summed E-state index contributed by atoms with van der Waals surface area (Å²) in [6.45, 7) is 1.95. The Balaban J connectivity index is 1.99. The summed E-state index contributed by atoms with van der Waals surface area (Å²) in [5.74, 6) is -1.03. The van der Waals surface area contributed by atoms with E-state index in [0.717, 1.165) is 17.8 Å². The maximum atomic E-state index is 11.9. The number of fused-ring (bicyclic) bond motifs is 1. The van der Waals surface area contributed by atoms with Crippen molar-refractivity contribution in [1.29, 1.82) is 0 Å². The predicted octanol–water partition coefficient (Wildman–Crippen LogP) is 4.30. The largest absolute Gasteiger partial charge is 0.477 e. The first kappa shape index (κ1) is 17.4. The molecule has 7 heteroatoms. The van der Waals surface area contributed by atoms with Gasteiger partial charge in [-0.15, -0.1) is 0 Å². The van der Waals surface area contributed by atoms with Crippen LogP contribution in [0.2, 0.25) is 10.0 Å². The number of carbonyl (C=O) groups is 1. The van der Waals surface area contributed by atoms with Gasteiger partial charge >= 0.3 is 5.97 Å². The lowest BCUT2D eigenvalue weighted by Crippen LogP contribution is -2.35. The smallest absolute Gasteiger partial charge is 0.352 e. The molecule has 1 aliphatic rings. The van der Waals surface area contributed by atoms with Gasteiger partial charge in [0, 0.05) is 11.9 Å². The first-order chi connectivity index (χ1) is 12.6. The van der Waals surface area contributed by atoms with Gasteiger partial charge in [-0.3, -0.25) is 0 Å². The summed E-state index contributed by atoms with van der Waals surface area (Å²) in [4.78, 5) is 11.9. The second-order valence-electron chi connectivity index (χ2n) is 6.10.